The molecule has 1 aliphatic heterocycles. The minimum atomic E-state index is -4.50. The molecular formula is C11H6F3NO2S. The van der Waals surface area contributed by atoms with E-state index in [4.69, 9.17) is 0 Å². The Bertz CT molecular complexity index is 551. The lowest BCUT2D eigenvalue weighted by Gasteiger charge is -2.09. The average molecular weight is 273 g/mol. The zero-order valence-electron chi connectivity index (χ0n) is 8.75. The van der Waals surface area contributed by atoms with Crippen molar-refractivity contribution in [1.82, 2.24) is 5.32 Å². The molecule has 94 valence electrons. The fraction of sp³-hybridized carbons (Fsp3) is 0.0909. The summed E-state index contributed by atoms with van der Waals surface area (Å²) in [5.41, 5.74) is -0.984. The molecule has 0 atom stereocenters. The fourth-order valence-corrected chi connectivity index (χ4v) is 2.12. The molecule has 0 spiro atoms. The van der Waals surface area contributed by atoms with Crippen molar-refractivity contribution in [2.24, 2.45) is 0 Å². The third-order valence-corrected chi connectivity index (χ3v) is 3.01. The maximum Gasteiger partial charge on any atom is 0.416 e. The Morgan fingerprint density at radius 3 is 2.39 bits per heavy atom. The van der Waals surface area contributed by atoms with Gasteiger partial charge in [-0.25, -0.2) is 0 Å². The first-order valence-corrected chi connectivity index (χ1v) is 5.60. The molecule has 1 aliphatic rings. The van der Waals surface area contributed by atoms with Crippen LogP contribution < -0.4 is 5.32 Å². The smallest absolute Gasteiger partial charge is 0.282 e. The van der Waals surface area contributed by atoms with E-state index in [-0.39, 0.29) is 10.5 Å². The monoisotopic (exact) mass is 273 g/mol. The van der Waals surface area contributed by atoms with E-state index in [0.29, 0.717) is 11.8 Å². The summed E-state index contributed by atoms with van der Waals surface area (Å²) in [5, 5.41) is 1.39. The molecule has 18 heavy (non-hydrogen) atoms. The quantitative estimate of drug-likeness (QED) is 0.800. The lowest BCUT2D eigenvalue weighted by molar-refractivity contribution is -0.137. The summed E-state index contributed by atoms with van der Waals surface area (Å²) >= 11 is 0.582. The third kappa shape index (κ3) is 2.56. The molecule has 1 aromatic carbocycles. The van der Waals surface area contributed by atoms with Crippen molar-refractivity contribution in [2.45, 2.75) is 6.18 Å². The minimum Gasteiger partial charge on any atom is -0.282 e. The fourth-order valence-electron chi connectivity index (χ4n) is 1.44. The Morgan fingerprint density at radius 1 is 1.17 bits per heavy atom. The van der Waals surface area contributed by atoms with E-state index in [2.05, 4.69) is 0 Å². The highest BCUT2D eigenvalue weighted by Crippen LogP contribution is 2.34. The van der Waals surface area contributed by atoms with Crippen molar-refractivity contribution >= 4 is 29.0 Å². The van der Waals surface area contributed by atoms with Crippen LogP contribution in [0.5, 0.6) is 0 Å². The SMILES string of the molecule is O=C1NC(=O)/C(=C/c2ccccc2C(F)(F)F)S1. The lowest BCUT2D eigenvalue weighted by Crippen LogP contribution is -2.18. The molecule has 1 N–H and O–H groups in total. The predicted molar refractivity (Wildman–Crippen MR) is 60.6 cm³/mol. The first-order chi connectivity index (χ1) is 8.38. The summed E-state index contributed by atoms with van der Waals surface area (Å²) in [6.07, 6.45) is -3.44. The summed E-state index contributed by atoms with van der Waals surface area (Å²) in [6, 6.07) is 4.86. The predicted octanol–water partition coefficient (Wildman–Crippen LogP) is 3.03. The van der Waals surface area contributed by atoms with Crippen molar-refractivity contribution in [3.05, 3.63) is 40.3 Å². The number of carbonyl (C=O) groups excluding carboxylic acids is 2. The minimum absolute atomic E-state index is 0.0447. The molecule has 3 nitrogen and oxygen atoms in total. The van der Waals surface area contributed by atoms with Gasteiger partial charge in [-0.05, 0) is 29.5 Å². The van der Waals surface area contributed by atoms with Crippen molar-refractivity contribution in [2.75, 3.05) is 0 Å². The van der Waals surface area contributed by atoms with Crippen LogP contribution in [-0.2, 0) is 11.0 Å². The van der Waals surface area contributed by atoms with E-state index in [1.54, 1.807) is 0 Å². The molecule has 1 heterocycles. The second kappa shape index (κ2) is 4.49. The molecule has 1 saturated heterocycles. The standard InChI is InChI=1S/C11H6F3NO2S/c12-11(13,14)7-4-2-1-3-6(7)5-8-9(16)15-10(17)18-8/h1-5H,(H,15,16,17)/b8-5-. The number of benzene rings is 1. The highest BCUT2D eigenvalue weighted by atomic mass is 32.2. The first-order valence-electron chi connectivity index (χ1n) is 4.79. The average Bonchev–Trinajstić information content (AvgIpc) is 2.57. The Balaban J connectivity index is 2.44. The van der Waals surface area contributed by atoms with Crippen LogP contribution in [0.3, 0.4) is 0 Å². The van der Waals surface area contributed by atoms with E-state index in [1.165, 1.54) is 18.2 Å². The van der Waals surface area contributed by atoms with Crippen LogP contribution in [-0.4, -0.2) is 11.1 Å². The number of rotatable bonds is 1. The summed E-state index contributed by atoms with van der Waals surface area (Å²) in [7, 11) is 0. The van der Waals surface area contributed by atoms with Gasteiger partial charge in [0.05, 0.1) is 10.5 Å². The molecule has 2 rings (SSSR count). The van der Waals surface area contributed by atoms with Gasteiger partial charge in [-0.15, -0.1) is 0 Å². The topological polar surface area (TPSA) is 46.2 Å². The van der Waals surface area contributed by atoms with Gasteiger partial charge in [0.25, 0.3) is 11.1 Å². The number of nitrogens with one attached hydrogen (secondary N) is 1. The van der Waals surface area contributed by atoms with Crippen molar-refractivity contribution < 1.29 is 22.8 Å². The zero-order valence-corrected chi connectivity index (χ0v) is 9.56. The molecule has 0 aliphatic carbocycles. The second-order valence-electron chi connectivity index (χ2n) is 3.44. The van der Waals surface area contributed by atoms with Crippen molar-refractivity contribution in [3.8, 4) is 0 Å². The summed E-state index contributed by atoms with van der Waals surface area (Å²) in [4.78, 5) is 22.1. The molecule has 2 amide bonds. The number of halogens is 3. The van der Waals surface area contributed by atoms with Crippen LogP contribution in [0.1, 0.15) is 11.1 Å². The molecule has 0 unspecified atom stereocenters. The van der Waals surface area contributed by atoms with Crippen LogP contribution in [0.25, 0.3) is 6.08 Å². The highest BCUT2D eigenvalue weighted by Gasteiger charge is 2.33. The van der Waals surface area contributed by atoms with Crippen LogP contribution in [0, 0.1) is 0 Å². The van der Waals surface area contributed by atoms with Gasteiger partial charge < -0.3 is 0 Å². The van der Waals surface area contributed by atoms with Crippen LogP contribution in [0.15, 0.2) is 29.2 Å². The molecule has 0 radical (unpaired) electrons. The molecule has 7 heteroatoms. The van der Waals surface area contributed by atoms with E-state index in [1.807, 2.05) is 5.32 Å². The molecular weight excluding hydrogens is 267 g/mol. The molecule has 0 saturated carbocycles. The van der Waals surface area contributed by atoms with Gasteiger partial charge in [0.2, 0.25) is 0 Å². The van der Waals surface area contributed by atoms with Crippen molar-refractivity contribution in [1.29, 1.82) is 0 Å². The Labute approximate surface area is 104 Å². The number of alkyl halides is 3. The maximum atomic E-state index is 12.7. The number of amides is 2. The Morgan fingerprint density at radius 2 is 1.83 bits per heavy atom. The molecule has 1 fully saturated rings. The zero-order chi connectivity index (χ0) is 13.3. The summed E-state index contributed by atoms with van der Waals surface area (Å²) in [5.74, 6) is -0.679. The number of imide groups is 1. The maximum absolute atomic E-state index is 12.7. The lowest BCUT2D eigenvalue weighted by atomic mass is 10.1. The van der Waals surface area contributed by atoms with Crippen molar-refractivity contribution in [3.63, 3.8) is 0 Å². The molecule has 0 aromatic heterocycles. The van der Waals surface area contributed by atoms with Gasteiger partial charge in [-0.3, -0.25) is 14.9 Å². The van der Waals surface area contributed by atoms with Gasteiger partial charge in [-0.2, -0.15) is 13.2 Å². The Hall–Kier alpha value is -1.76. The van der Waals surface area contributed by atoms with Crippen LogP contribution in [0.2, 0.25) is 0 Å². The number of hydrogen-bond acceptors (Lipinski definition) is 3. The number of hydrogen-bond donors (Lipinski definition) is 1. The van der Waals surface area contributed by atoms with Crippen LogP contribution in [0.4, 0.5) is 18.0 Å². The van der Waals surface area contributed by atoms with Gasteiger partial charge in [-0.1, -0.05) is 18.2 Å². The normalized spacial score (nSPS) is 18.3. The summed E-state index contributed by atoms with van der Waals surface area (Å²) < 4.78 is 38.1. The van der Waals surface area contributed by atoms with Crippen LogP contribution >= 0.6 is 11.8 Å². The van der Waals surface area contributed by atoms with Gasteiger partial charge in [0.15, 0.2) is 0 Å². The molecule has 0 bridgehead atoms. The largest absolute Gasteiger partial charge is 0.416 e. The first kappa shape index (κ1) is 12.7. The van der Waals surface area contributed by atoms with Gasteiger partial charge >= 0.3 is 6.18 Å². The number of carbonyl (C=O) groups is 2. The van der Waals surface area contributed by atoms with E-state index < -0.39 is 22.9 Å². The number of thioether (sulfide) groups is 1. The van der Waals surface area contributed by atoms with Gasteiger partial charge in [0, 0.05) is 0 Å². The van der Waals surface area contributed by atoms with E-state index >= 15 is 0 Å². The highest BCUT2D eigenvalue weighted by molar-refractivity contribution is 8.18. The summed E-state index contributed by atoms with van der Waals surface area (Å²) in [6.45, 7) is 0. The Kier molecular flexibility index (Phi) is 3.16. The molecule has 1 aromatic rings. The van der Waals surface area contributed by atoms with E-state index in [0.717, 1.165) is 12.1 Å². The van der Waals surface area contributed by atoms with E-state index in [9.17, 15) is 22.8 Å². The second-order valence-corrected chi connectivity index (χ2v) is 4.45. The third-order valence-electron chi connectivity index (χ3n) is 2.19. The van der Waals surface area contributed by atoms with Gasteiger partial charge in [0.1, 0.15) is 0 Å².